The average Bonchev–Trinajstić information content (AvgIpc) is 2.74. The fraction of sp³-hybridized carbons (Fsp3) is 0.200. The molecule has 0 bridgehead atoms. The highest BCUT2D eigenvalue weighted by molar-refractivity contribution is 5.71. The van der Waals surface area contributed by atoms with E-state index in [4.69, 9.17) is 9.47 Å². The van der Waals surface area contributed by atoms with Gasteiger partial charge in [0.15, 0.2) is 11.5 Å². The van der Waals surface area contributed by atoms with Crippen LogP contribution in [0, 0.1) is 0 Å². The first-order chi connectivity index (χ1) is 14.1. The number of rotatable bonds is 7. The third-order valence-corrected chi connectivity index (χ3v) is 4.08. The molecule has 1 amide bonds. The van der Waals surface area contributed by atoms with Gasteiger partial charge in [0.1, 0.15) is 0 Å². The summed E-state index contributed by atoms with van der Waals surface area (Å²) >= 11 is 0. The van der Waals surface area contributed by atoms with Gasteiger partial charge in [0, 0.05) is 30.6 Å². The summed E-state index contributed by atoms with van der Waals surface area (Å²) < 4.78 is 10.2. The quantitative estimate of drug-likeness (QED) is 0.523. The molecule has 3 N–H and O–H groups in total. The predicted octanol–water partition coefficient (Wildman–Crippen LogP) is 2.27. The number of aromatic hydroxyl groups is 1. The molecule has 0 radical (unpaired) electrons. The first-order valence-corrected chi connectivity index (χ1v) is 8.88. The minimum atomic E-state index is -0.734. The average molecular weight is 396 g/mol. The Kier molecular flexibility index (Phi) is 6.41. The third kappa shape index (κ3) is 5.32. The van der Waals surface area contributed by atoms with Crippen molar-refractivity contribution in [1.29, 1.82) is 0 Å². The summed E-state index contributed by atoms with van der Waals surface area (Å²) in [5, 5.41) is 18.5. The van der Waals surface area contributed by atoms with Crippen LogP contribution in [0.1, 0.15) is 12.0 Å². The number of phenols is 1. The van der Waals surface area contributed by atoms with Crippen LogP contribution < -0.4 is 20.3 Å². The maximum atomic E-state index is 12.0. The van der Waals surface area contributed by atoms with Gasteiger partial charge < -0.3 is 19.9 Å². The molecule has 0 aliphatic carbocycles. The van der Waals surface area contributed by atoms with E-state index >= 15 is 0 Å². The molecule has 29 heavy (non-hydrogen) atoms. The van der Waals surface area contributed by atoms with Crippen molar-refractivity contribution in [2.24, 2.45) is 0 Å². The number of ether oxygens (including phenoxy) is 2. The number of benzene rings is 1. The lowest BCUT2D eigenvalue weighted by Crippen LogP contribution is -2.30. The summed E-state index contributed by atoms with van der Waals surface area (Å²) in [5.74, 6) is 0.0407. The number of pyridine rings is 1. The van der Waals surface area contributed by atoms with E-state index in [1.165, 1.54) is 19.2 Å². The zero-order valence-electron chi connectivity index (χ0n) is 15.7. The Hall–Kier alpha value is -3.88. The largest absolute Gasteiger partial charge is 0.504 e. The number of hydrogen-bond acceptors (Lipinski definition) is 7. The highest BCUT2D eigenvalue weighted by Crippen LogP contribution is 2.30. The maximum absolute atomic E-state index is 12.0. The Labute approximate surface area is 166 Å². The van der Waals surface area contributed by atoms with Gasteiger partial charge in [-0.3, -0.25) is 9.78 Å². The van der Waals surface area contributed by atoms with Crippen molar-refractivity contribution in [3.05, 3.63) is 64.7 Å². The molecule has 2 heterocycles. The smallest absolute Gasteiger partial charge is 0.412 e. The monoisotopic (exact) mass is 396 g/mol. The van der Waals surface area contributed by atoms with Crippen LogP contribution in [-0.4, -0.2) is 40.0 Å². The number of phenolic OH excluding ortho intramolecular Hbond substituents is 1. The zero-order valence-corrected chi connectivity index (χ0v) is 15.7. The van der Waals surface area contributed by atoms with E-state index in [1.54, 1.807) is 24.5 Å². The lowest BCUT2D eigenvalue weighted by Gasteiger charge is -2.08. The highest BCUT2D eigenvalue weighted by Gasteiger charge is 2.12. The topological polar surface area (TPSA) is 126 Å². The summed E-state index contributed by atoms with van der Waals surface area (Å²) in [7, 11) is 1.42. The molecule has 3 rings (SSSR count). The van der Waals surface area contributed by atoms with Crippen LogP contribution in [0.2, 0.25) is 0 Å². The molecule has 2 aromatic heterocycles. The third-order valence-electron chi connectivity index (χ3n) is 4.08. The van der Waals surface area contributed by atoms with Crippen LogP contribution in [-0.2, 0) is 6.42 Å². The van der Waals surface area contributed by atoms with Crippen LogP contribution in [0.3, 0.4) is 0 Å². The van der Waals surface area contributed by atoms with E-state index in [9.17, 15) is 14.7 Å². The second-order valence-corrected chi connectivity index (χ2v) is 6.11. The van der Waals surface area contributed by atoms with Gasteiger partial charge in [0.05, 0.1) is 12.8 Å². The van der Waals surface area contributed by atoms with Gasteiger partial charge in [-0.1, -0.05) is 6.07 Å². The first kappa shape index (κ1) is 19.9. The second-order valence-electron chi connectivity index (χ2n) is 6.11. The van der Waals surface area contributed by atoms with E-state index in [1.807, 2.05) is 12.1 Å². The molecule has 9 heteroatoms. The van der Waals surface area contributed by atoms with Gasteiger partial charge in [-0.15, -0.1) is 0 Å². The van der Waals surface area contributed by atoms with Crippen LogP contribution in [0.15, 0.2) is 53.6 Å². The number of aromatic nitrogens is 3. The number of aromatic amines is 1. The van der Waals surface area contributed by atoms with Gasteiger partial charge in [0.25, 0.3) is 0 Å². The van der Waals surface area contributed by atoms with E-state index < -0.39 is 11.7 Å². The Morgan fingerprint density at radius 2 is 2.10 bits per heavy atom. The van der Waals surface area contributed by atoms with Crippen molar-refractivity contribution in [2.45, 2.75) is 12.8 Å². The van der Waals surface area contributed by atoms with Crippen LogP contribution in [0.5, 0.6) is 17.2 Å². The van der Waals surface area contributed by atoms with Crippen molar-refractivity contribution >= 4 is 6.09 Å². The molecule has 3 aromatic rings. The second kappa shape index (κ2) is 9.36. The maximum Gasteiger partial charge on any atom is 0.412 e. The molecule has 0 atom stereocenters. The number of nitrogens with zero attached hydrogens (tertiary/aromatic N) is 2. The number of H-pyrrole nitrogens is 1. The van der Waals surface area contributed by atoms with Gasteiger partial charge in [-0.05, 0) is 42.7 Å². The van der Waals surface area contributed by atoms with Gasteiger partial charge >= 0.3 is 11.7 Å². The van der Waals surface area contributed by atoms with E-state index in [2.05, 4.69) is 20.5 Å². The molecule has 0 saturated heterocycles. The molecule has 0 saturated carbocycles. The number of hydrogen-bond donors (Lipinski definition) is 3. The van der Waals surface area contributed by atoms with Crippen molar-refractivity contribution in [3.8, 4) is 28.5 Å². The number of aryl methyl sites for hydroxylation is 1. The van der Waals surface area contributed by atoms with Crippen molar-refractivity contribution in [2.75, 3.05) is 13.7 Å². The van der Waals surface area contributed by atoms with Crippen molar-refractivity contribution < 1.29 is 19.4 Å². The number of carbonyl (C=O) groups is 1. The predicted molar refractivity (Wildman–Crippen MR) is 105 cm³/mol. The standard InChI is InChI=1S/C20H20N4O5/c1-28-17-10-14(6-7-16(17)25)15-11-18(19(26)24-23-15)29-20(27)22-9-3-5-13-4-2-8-21-12-13/h2,4,6-8,10-12,25H,3,5,9H2,1H3,(H,22,27)(H,24,26). The molecular formula is C20H20N4O5. The highest BCUT2D eigenvalue weighted by atomic mass is 16.6. The van der Waals surface area contributed by atoms with Gasteiger partial charge in [-0.2, -0.15) is 5.10 Å². The fourth-order valence-electron chi connectivity index (χ4n) is 2.61. The first-order valence-electron chi connectivity index (χ1n) is 8.88. The van der Waals surface area contributed by atoms with Crippen LogP contribution in [0.25, 0.3) is 11.3 Å². The molecule has 150 valence electrons. The van der Waals surface area contributed by atoms with Crippen molar-refractivity contribution in [1.82, 2.24) is 20.5 Å². The Morgan fingerprint density at radius 3 is 2.86 bits per heavy atom. The normalized spacial score (nSPS) is 10.4. The Bertz CT molecular complexity index is 1040. The lowest BCUT2D eigenvalue weighted by molar-refractivity contribution is 0.199. The Morgan fingerprint density at radius 1 is 1.24 bits per heavy atom. The van der Waals surface area contributed by atoms with E-state index in [0.29, 0.717) is 24.2 Å². The summed E-state index contributed by atoms with van der Waals surface area (Å²) in [6.45, 7) is 0.388. The number of methoxy groups -OCH3 is 1. The number of nitrogens with one attached hydrogen (secondary N) is 2. The molecular weight excluding hydrogens is 376 g/mol. The summed E-state index contributed by atoms with van der Waals surface area (Å²) in [4.78, 5) is 28.0. The van der Waals surface area contributed by atoms with Gasteiger partial charge in [-0.25, -0.2) is 9.89 Å². The fourth-order valence-corrected chi connectivity index (χ4v) is 2.61. The summed E-state index contributed by atoms with van der Waals surface area (Å²) in [5.41, 5.74) is 1.35. The summed E-state index contributed by atoms with van der Waals surface area (Å²) in [6.07, 6.45) is 4.20. The molecule has 0 fully saturated rings. The van der Waals surface area contributed by atoms with E-state index in [-0.39, 0.29) is 17.2 Å². The molecule has 1 aromatic carbocycles. The minimum absolute atomic E-state index is 0.0252. The van der Waals surface area contributed by atoms with Crippen LogP contribution >= 0.6 is 0 Å². The Balaban J connectivity index is 1.61. The number of carbonyl (C=O) groups excluding carboxylic acids is 1. The van der Waals surface area contributed by atoms with Crippen LogP contribution in [0.4, 0.5) is 4.79 Å². The van der Waals surface area contributed by atoms with Gasteiger partial charge in [0.2, 0.25) is 5.75 Å². The zero-order chi connectivity index (χ0) is 20.6. The molecule has 0 aliphatic rings. The minimum Gasteiger partial charge on any atom is -0.504 e. The molecule has 0 spiro atoms. The van der Waals surface area contributed by atoms with E-state index in [0.717, 1.165) is 12.0 Å². The molecule has 0 aliphatic heterocycles. The lowest BCUT2D eigenvalue weighted by atomic mass is 10.1. The molecule has 0 unspecified atom stereocenters. The summed E-state index contributed by atoms with van der Waals surface area (Å²) in [6, 6.07) is 9.76. The number of amides is 1. The SMILES string of the molecule is COc1cc(-c2cc(OC(=O)NCCCc3cccnc3)c(=O)[nH]n2)ccc1O. The molecule has 9 nitrogen and oxygen atoms in total. The van der Waals surface area contributed by atoms with Crippen molar-refractivity contribution in [3.63, 3.8) is 0 Å².